The monoisotopic (exact) mass is 437 g/mol. The molecule has 9 heteroatoms. The summed E-state index contributed by atoms with van der Waals surface area (Å²) in [5, 5.41) is 3.25. The highest BCUT2D eigenvalue weighted by Gasteiger charge is 2.17. The number of rotatable bonds is 7. The second kappa shape index (κ2) is 9.04. The van der Waals surface area contributed by atoms with E-state index in [4.69, 9.17) is 0 Å². The largest absolute Gasteiger partial charge is 0.323 e. The summed E-state index contributed by atoms with van der Waals surface area (Å²) in [4.78, 5) is 33.6. The minimum Gasteiger partial charge on any atom is -0.323 e. The Bertz CT molecular complexity index is 1110. The molecule has 2 aromatic heterocycles. The molecule has 0 aliphatic heterocycles. The first kappa shape index (κ1) is 21.4. The molecule has 1 aromatic carbocycles. The molecule has 29 heavy (non-hydrogen) atoms. The van der Waals surface area contributed by atoms with Crippen molar-refractivity contribution in [1.29, 1.82) is 0 Å². The van der Waals surface area contributed by atoms with Gasteiger partial charge in [0.05, 0.1) is 16.8 Å². The Morgan fingerprint density at radius 3 is 2.86 bits per heavy atom. The number of H-pyrrole nitrogens is 1. The zero-order valence-corrected chi connectivity index (χ0v) is 17.9. The van der Waals surface area contributed by atoms with E-state index in [-0.39, 0.29) is 17.0 Å². The molecule has 2 heterocycles. The van der Waals surface area contributed by atoms with Crippen LogP contribution in [0.4, 0.5) is 14.5 Å². The standard InChI is InChI=1S/C20H21F2N3O2S2/c1-4-10(2)7-13-11(3)29-19-17(13)18(27)24-20(25-19)28-9-16(26)23-15-8-12(21)5-6-14(15)22/h5-6,8,10H,4,7,9H2,1-3H3,(H,23,26)(H,24,25,27). The third-order valence-electron chi connectivity index (χ3n) is 4.63. The van der Waals surface area contributed by atoms with E-state index in [9.17, 15) is 18.4 Å². The highest BCUT2D eigenvalue weighted by molar-refractivity contribution is 7.99. The fraction of sp³-hybridized carbons (Fsp3) is 0.350. The number of thioether (sulfide) groups is 1. The van der Waals surface area contributed by atoms with Gasteiger partial charge in [0.25, 0.3) is 5.56 Å². The van der Waals surface area contributed by atoms with Gasteiger partial charge in [0, 0.05) is 10.9 Å². The van der Waals surface area contributed by atoms with Gasteiger partial charge in [-0.15, -0.1) is 11.3 Å². The van der Waals surface area contributed by atoms with Crippen molar-refractivity contribution >= 4 is 44.9 Å². The average molecular weight is 438 g/mol. The van der Waals surface area contributed by atoms with Crippen LogP contribution in [0.25, 0.3) is 10.2 Å². The molecule has 0 spiro atoms. The summed E-state index contributed by atoms with van der Waals surface area (Å²) in [6.07, 6.45) is 1.85. The lowest BCUT2D eigenvalue weighted by Gasteiger charge is -2.08. The summed E-state index contributed by atoms with van der Waals surface area (Å²) in [7, 11) is 0. The van der Waals surface area contributed by atoms with Gasteiger partial charge < -0.3 is 10.3 Å². The SMILES string of the molecule is CCC(C)Cc1c(C)sc2nc(SCC(=O)Nc3cc(F)ccc3F)[nH]c(=O)c12. The smallest absolute Gasteiger partial charge is 0.260 e. The predicted molar refractivity (Wildman–Crippen MR) is 114 cm³/mol. The first-order chi connectivity index (χ1) is 13.8. The van der Waals surface area contributed by atoms with Gasteiger partial charge in [-0.3, -0.25) is 9.59 Å². The number of anilines is 1. The summed E-state index contributed by atoms with van der Waals surface area (Å²) >= 11 is 2.50. The Kier molecular flexibility index (Phi) is 6.69. The number of nitrogens with one attached hydrogen (secondary N) is 2. The molecule has 1 unspecified atom stereocenters. The van der Waals surface area contributed by atoms with Gasteiger partial charge in [-0.2, -0.15) is 0 Å². The highest BCUT2D eigenvalue weighted by Crippen LogP contribution is 2.30. The third-order valence-corrected chi connectivity index (χ3v) is 6.55. The number of benzene rings is 1. The van der Waals surface area contributed by atoms with E-state index < -0.39 is 17.5 Å². The number of hydrogen-bond acceptors (Lipinski definition) is 5. The van der Waals surface area contributed by atoms with E-state index in [1.807, 2.05) is 6.92 Å². The molecule has 0 saturated carbocycles. The lowest BCUT2D eigenvalue weighted by atomic mass is 9.98. The summed E-state index contributed by atoms with van der Waals surface area (Å²) in [5.41, 5.74) is 0.580. The molecular weight excluding hydrogens is 416 g/mol. The number of carbonyl (C=O) groups is 1. The van der Waals surface area contributed by atoms with Gasteiger partial charge in [-0.05, 0) is 37.0 Å². The van der Waals surface area contributed by atoms with E-state index in [2.05, 4.69) is 29.1 Å². The van der Waals surface area contributed by atoms with Crippen molar-refractivity contribution in [3.05, 3.63) is 50.6 Å². The molecule has 3 rings (SSSR count). The average Bonchev–Trinajstić information content (AvgIpc) is 2.98. The maximum absolute atomic E-state index is 13.6. The summed E-state index contributed by atoms with van der Waals surface area (Å²) in [5.74, 6) is -1.53. The second-order valence-corrected chi connectivity index (χ2v) is 9.03. The number of nitrogens with zero attached hydrogens (tertiary/aromatic N) is 1. The Hall–Kier alpha value is -2.26. The number of aryl methyl sites for hydroxylation is 1. The Balaban J connectivity index is 1.75. The van der Waals surface area contributed by atoms with Gasteiger partial charge in [0.1, 0.15) is 16.5 Å². The first-order valence-corrected chi connectivity index (χ1v) is 11.0. The number of halogens is 2. The van der Waals surface area contributed by atoms with E-state index in [0.29, 0.717) is 21.3 Å². The second-order valence-electron chi connectivity index (χ2n) is 6.87. The lowest BCUT2D eigenvalue weighted by molar-refractivity contribution is -0.113. The number of hydrogen-bond donors (Lipinski definition) is 2. The van der Waals surface area contributed by atoms with E-state index >= 15 is 0 Å². The summed E-state index contributed by atoms with van der Waals surface area (Å²) in [6.45, 7) is 6.25. The Morgan fingerprint density at radius 2 is 2.14 bits per heavy atom. The van der Waals surface area contributed by atoms with Crippen molar-refractivity contribution < 1.29 is 13.6 Å². The van der Waals surface area contributed by atoms with Crippen molar-refractivity contribution in [2.45, 2.75) is 38.8 Å². The van der Waals surface area contributed by atoms with Crippen molar-refractivity contribution in [3.8, 4) is 0 Å². The van der Waals surface area contributed by atoms with E-state index in [1.54, 1.807) is 0 Å². The number of carbonyl (C=O) groups excluding carboxylic acids is 1. The number of aromatic amines is 1. The van der Waals surface area contributed by atoms with Crippen LogP contribution in [-0.4, -0.2) is 21.6 Å². The maximum atomic E-state index is 13.6. The molecule has 0 bridgehead atoms. The molecule has 3 aromatic rings. The minimum atomic E-state index is -0.722. The molecule has 1 atom stereocenters. The van der Waals surface area contributed by atoms with Crippen LogP contribution >= 0.6 is 23.1 Å². The molecule has 0 fully saturated rings. The van der Waals surface area contributed by atoms with E-state index in [1.165, 1.54) is 11.3 Å². The zero-order chi connectivity index (χ0) is 21.1. The molecule has 1 amide bonds. The van der Waals surface area contributed by atoms with Crippen molar-refractivity contribution in [2.24, 2.45) is 5.92 Å². The van der Waals surface area contributed by atoms with E-state index in [0.717, 1.165) is 53.2 Å². The quantitative estimate of drug-likeness (QED) is 0.408. The normalized spacial score (nSPS) is 12.3. The van der Waals surface area contributed by atoms with Gasteiger partial charge in [-0.1, -0.05) is 32.0 Å². The molecule has 2 N–H and O–H groups in total. The molecule has 0 saturated heterocycles. The van der Waals surface area contributed by atoms with Crippen LogP contribution in [0.15, 0.2) is 28.2 Å². The molecule has 0 aliphatic carbocycles. The predicted octanol–water partition coefficient (Wildman–Crippen LogP) is 4.89. The maximum Gasteiger partial charge on any atom is 0.260 e. The van der Waals surface area contributed by atoms with Crippen LogP contribution in [0.3, 0.4) is 0 Å². The number of amides is 1. The van der Waals surface area contributed by atoms with Gasteiger partial charge in [0.15, 0.2) is 5.16 Å². The third kappa shape index (κ3) is 5.02. The molecule has 0 aliphatic rings. The number of thiophene rings is 1. The van der Waals surface area contributed by atoms with Crippen molar-refractivity contribution in [1.82, 2.24) is 9.97 Å². The molecular formula is C20H21F2N3O2S2. The van der Waals surface area contributed by atoms with Crippen LogP contribution in [-0.2, 0) is 11.2 Å². The van der Waals surface area contributed by atoms with Crippen LogP contribution in [0.2, 0.25) is 0 Å². The number of fused-ring (bicyclic) bond motifs is 1. The summed E-state index contributed by atoms with van der Waals surface area (Å²) < 4.78 is 26.8. The lowest BCUT2D eigenvalue weighted by Crippen LogP contribution is -2.16. The van der Waals surface area contributed by atoms with Crippen molar-refractivity contribution in [2.75, 3.05) is 11.1 Å². The number of aromatic nitrogens is 2. The fourth-order valence-corrected chi connectivity index (χ4v) is 4.65. The van der Waals surface area contributed by atoms with Crippen LogP contribution in [0.5, 0.6) is 0 Å². The Morgan fingerprint density at radius 1 is 1.38 bits per heavy atom. The molecule has 154 valence electrons. The van der Waals surface area contributed by atoms with Crippen LogP contribution in [0.1, 0.15) is 30.7 Å². The fourth-order valence-electron chi connectivity index (χ4n) is 2.88. The topological polar surface area (TPSA) is 74.8 Å². The molecule has 5 nitrogen and oxygen atoms in total. The van der Waals surface area contributed by atoms with Gasteiger partial charge >= 0.3 is 0 Å². The Labute approximate surface area is 174 Å². The van der Waals surface area contributed by atoms with Crippen molar-refractivity contribution in [3.63, 3.8) is 0 Å². The zero-order valence-electron chi connectivity index (χ0n) is 16.3. The highest BCUT2D eigenvalue weighted by atomic mass is 32.2. The van der Waals surface area contributed by atoms with Crippen LogP contribution in [0, 0.1) is 24.5 Å². The minimum absolute atomic E-state index is 0.103. The first-order valence-electron chi connectivity index (χ1n) is 9.18. The van der Waals surface area contributed by atoms with Gasteiger partial charge in [-0.25, -0.2) is 13.8 Å². The molecule has 0 radical (unpaired) electrons. The van der Waals surface area contributed by atoms with Crippen LogP contribution < -0.4 is 10.9 Å². The van der Waals surface area contributed by atoms with Gasteiger partial charge in [0.2, 0.25) is 5.91 Å². The summed E-state index contributed by atoms with van der Waals surface area (Å²) in [6, 6.07) is 2.83.